The Labute approximate surface area is 108 Å². The maximum absolute atomic E-state index is 4.43. The Hall–Kier alpha value is -2.23. The van der Waals surface area contributed by atoms with Gasteiger partial charge in [0.05, 0.1) is 0 Å². The molecule has 0 spiro atoms. The van der Waals surface area contributed by atoms with E-state index in [1.165, 1.54) is 0 Å². The molecular weight excluding hydrogens is 224 g/mol. The van der Waals surface area contributed by atoms with Gasteiger partial charge in [0.25, 0.3) is 0 Å². The summed E-state index contributed by atoms with van der Waals surface area (Å²) in [6.07, 6.45) is 0. The lowest BCUT2D eigenvalue weighted by molar-refractivity contribution is 1.13. The predicted octanol–water partition coefficient (Wildman–Crippen LogP) is 2.93. The molecule has 18 heavy (non-hydrogen) atoms. The van der Waals surface area contributed by atoms with Crippen LogP contribution in [0.2, 0.25) is 0 Å². The van der Waals surface area contributed by atoms with Crippen molar-refractivity contribution < 1.29 is 0 Å². The van der Waals surface area contributed by atoms with Crippen LogP contribution in [-0.4, -0.2) is 26.1 Å². The highest BCUT2D eigenvalue weighted by Crippen LogP contribution is 2.21. The third-order valence-corrected chi connectivity index (χ3v) is 2.64. The fourth-order valence-electron chi connectivity index (χ4n) is 1.65. The first-order valence-corrected chi connectivity index (χ1v) is 5.88. The van der Waals surface area contributed by atoms with Gasteiger partial charge in [0.2, 0.25) is 0 Å². The van der Waals surface area contributed by atoms with E-state index in [2.05, 4.69) is 32.7 Å². The molecule has 1 heterocycles. The summed E-state index contributed by atoms with van der Waals surface area (Å²) < 4.78 is 0. The number of rotatable bonds is 4. The van der Waals surface area contributed by atoms with E-state index in [1.807, 2.05) is 51.5 Å². The minimum atomic E-state index is 0.831. The summed E-state index contributed by atoms with van der Waals surface area (Å²) in [6.45, 7) is 0. The number of benzene rings is 1. The van der Waals surface area contributed by atoms with E-state index in [0.29, 0.717) is 0 Å². The molecule has 0 fully saturated rings. The Morgan fingerprint density at radius 2 is 1.72 bits per heavy atom. The van der Waals surface area contributed by atoms with Gasteiger partial charge in [-0.15, -0.1) is 0 Å². The van der Waals surface area contributed by atoms with Gasteiger partial charge in [-0.05, 0) is 30.3 Å². The number of pyridine rings is 1. The van der Waals surface area contributed by atoms with Gasteiger partial charge >= 0.3 is 0 Å². The van der Waals surface area contributed by atoms with Crippen LogP contribution < -0.4 is 15.5 Å². The largest absolute Gasteiger partial charge is 0.378 e. The third-order valence-electron chi connectivity index (χ3n) is 2.64. The summed E-state index contributed by atoms with van der Waals surface area (Å²) >= 11 is 0. The molecule has 0 aliphatic heterocycles. The first-order valence-electron chi connectivity index (χ1n) is 5.88. The second-order valence-electron chi connectivity index (χ2n) is 4.23. The van der Waals surface area contributed by atoms with Crippen molar-refractivity contribution in [1.29, 1.82) is 0 Å². The van der Waals surface area contributed by atoms with E-state index >= 15 is 0 Å². The molecular formula is C14H18N4. The van der Waals surface area contributed by atoms with Crippen molar-refractivity contribution in [3.05, 3.63) is 42.5 Å². The number of anilines is 4. The Bertz CT molecular complexity index is 523. The Morgan fingerprint density at radius 3 is 2.44 bits per heavy atom. The third kappa shape index (κ3) is 2.91. The van der Waals surface area contributed by atoms with Crippen LogP contribution in [0.5, 0.6) is 0 Å². The van der Waals surface area contributed by atoms with Crippen LogP contribution in [-0.2, 0) is 0 Å². The van der Waals surface area contributed by atoms with E-state index in [9.17, 15) is 0 Å². The molecule has 4 nitrogen and oxygen atoms in total. The van der Waals surface area contributed by atoms with Gasteiger partial charge in [-0.25, -0.2) is 4.98 Å². The van der Waals surface area contributed by atoms with Gasteiger partial charge in [0.1, 0.15) is 11.6 Å². The highest BCUT2D eigenvalue weighted by molar-refractivity contribution is 5.63. The fourth-order valence-corrected chi connectivity index (χ4v) is 1.65. The monoisotopic (exact) mass is 242 g/mol. The maximum Gasteiger partial charge on any atom is 0.132 e. The van der Waals surface area contributed by atoms with Crippen molar-refractivity contribution in [2.24, 2.45) is 0 Å². The number of hydrogen-bond donors (Lipinski definition) is 2. The molecule has 0 saturated heterocycles. The average molecular weight is 242 g/mol. The summed E-state index contributed by atoms with van der Waals surface area (Å²) in [5, 5.41) is 6.32. The molecule has 0 bridgehead atoms. The zero-order chi connectivity index (χ0) is 13.0. The first-order chi connectivity index (χ1) is 8.69. The van der Waals surface area contributed by atoms with Gasteiger partial charge in [-0.1, -0.05) is 12.1 Å². The molecule has 2 N–H and O–H groups in total. The van der Waals surface area contributed by atoms with E-state index in [-0.39, 0.29) is 0 Å². The van der Waals surface area contributed by atoms with Gasteiger partial charge in [-0.2, -0.15) is 0 Å². The van der Waals surface area contributed by atoms with Crippen molar-refractivity contribution in [3.8, 4) is 0 Å². The fraction of sp³-hybridized carbons (Fsp3) is 0.214. The Morgan fingerprint density at radius 1 is 1.00 bits per heavy atom. The van der Waals surface area contributed by atoms with Crippen LogP contribution in [0, 0.1) is 0 Å². The zero-order valence-corrected chi connectivity index (χ0v) is 10.9. The number of hydrogen-bond acceptors (Lipinski definition) is 4. The van der Waals surface area contributed by atoms with Crippen LogP contribution >= 0.6 is 0 Å². The van der Waals surface area contributed by atoms with E-state index in [4.69, 9.17) is 0 Å². The molecule has 0 radical (unpaired) electrons. The van der Waals surface area contributed by atoms with Crippen LogP contribution in [0.15, 0.2) is 42.5 Å². The summed E-state index contributed by atoms with van der Waals surface area (Å²) in [4.78, 5) is 6.50. The minimum absolute atomic E-state index is 0.831. The lowest BCUT2D eigenvalue weighted by Gasteiger charge is -2.14. The highest BCUT2D eigenvalue weighted by atomic mass is 15.1. The smallest absolute Gasteiger partial charge is 0.132 e. The zero-order valence-electron chi connectivity index (χ0n) is 10.9. The molecule has 0 saturated carbocycles. The van der Waals surface area contributed by atoms with Crippen molar-refractivity contribution in [2.75, 3.05) is 36.7 Å². The molecule has 0 atom stereocenters. The molecule has 94 valence electrons. The van der Waals surface area contributed by atoms with E-state index < -0.39 is 0 Å². The summed E-state index contributed by atoms with van der Waals surface area (Å²) in [5.74, 6) is 1.68. The standard InChI is InChI=1S/C14H18N4/c1-15-13-8-5-9-14(17-13)16-11-6-4-7-12(10-11)18(2)3/h4-10H,1-3H3,(H2,15,16,17). The predicted molar refractivity (Wildman–Crippen MR) is 77.8 cm³/mol. The second kappa shape index (κ2) is 5.40. The Kier molecular flexibility index (Phi) is 3.67. The van der Waals surface area contributed by atoms with Crippen molar-refractivity contribution >= 4 is 23.0 Å². The van der Waals surface area contributed by atoms with Crippen LogP contribution in [0.3, 0.4) is 0 Å². The molecule has 0 aliphatic rings. The molecule has 0 unspecified atom stereocenters. The topological polar surface area (TPSA) is 40.2 Å². The molecule has 1 aromatic carbocycles. The molecule has 2 rings (SSSR count). The quantitative estimate of drug-likeness (QED) is 0.865. The van der Waals surface area contributed by atoms with E-state index in [1.54, 1.807) is 0 Å². The first kappa shape index (κ1) is 12.2. The van der Waals surface area contributed by atoms with Crippen molar-refractivity contribution in [2.45, 2.75) is 0 Å². The lowest BCUT2D eigenvalue weighted by atomic mass is 10.2. The number of nitrogens with zero attached hydrogens (tertiary/aromatic N) is 2. The summed E-state index contributed by atoms with van der Waals surface area (Å²) in [5.41, 5.74) is 2.19. The summed E-state index contributed by atoms with van der Waals surface area (Å²) in [7, 11) is 5.91. The van der Waals surface area contributed by atoms with Gasteiger partial charge < -0.3 is 15.5 Å². The average Bonchev–Trinajstić information content (AvgIpc) is 2.39. The molecule has 4 heteroatoms. The minimum Gasteiger partial charge on any atom is -0.378 e. The molecule has 0 aliphatic carbocycles. The highest BCUT2D eigenvalue weighted by Gasteiger charge is 2.00. The second-order valence-corrected chi connectivity index (χ2v) is 4.23. The van der Waals surface area contributed by atoms with Gasteiger partial charge in [0.15, 0.2) is 0 Å². The lowest BCUT2D eigenvalue weighted by Crippen LogP contribution is -2.08. The van der Waals surface area contributed by atoms with Crippen LogP contribution in [0.1, 0.15) is 0 Å². The van der Waals surface area contributed by atoms with Crippen LogP contribution in [0.25, 0.3) is 0 Å². The van der Waals surface area contributed by atoms with Crippen LogP contribution in [0.4, 0.5) is 23.0 Å². The normalized spacial score (nSPS) is 9.94. The molecule has 1 aromatic heterocycles. The molecule has 2 aromatic rings. The SMILES string of the molecule is CNc1cccc(Nc2cccc(N(C)C)c2)n1. The van der Waals surface area contributed by atoms with Crippen molar-refractivity contribution in [1.82, 2.24) is 4.98 Å². The maximum atomic E-state index is 4.43. The number of aromatic nitrogens is 1. The Balaban J connectivity index is 2.20. The summed E-state index contributed by atoms with van der Waals surface area (Å²) in [6, 6.07) is 14.1. The van der Waals surface area contributed by atoms with Crippen molar-refractivity contribution in [3.63, 3.8) is 0 Å². The van der Waals surface area contributed by atoms with Gasteiger partial charge in [-0.3, -0.25) is 0 Å². The van der Waals surface area contributed by atoms with E-state index in [0.717, 1.165) is 23.0 Å². The van der Waals surface area contributed by atoms with Gasteiger partial charge in [0, 0.05) is 32.5 Å². The molecule has 0 amide bonds. The number of nitrogens with one attached hydrogen (secondary N) is 2.